The second-order valence-corrected chi connectivity index (χ2v) is 3.73. The Labute approximate surface area is 81.1 Å². The maximum atomic E-state index is 6.11. The molecule has 3 heteroatoms. The zero-order valence-corrected chi connectivity index (χ0v) is 7.69. The summed E-state index contributed by atoms with van der Waals surface area (Å²) < 4.78 is 0. The van der Waals surface area contributed by atoms with E-state index in [0.29, 0.717) is 6.61 Å². The smallest absolute Gasteiger partial charge is 0.0983 e. The third kappa shape index (κ3) is 0.929. The van der Waals surface area contributed by atoms with Crippen molar-refractivity contribution >= 4 is 17.3 Å². The van der Waals surface area contributed by atoms with Gasteiger partial charge >= 0.3 is 0 Å². The first-order chi connectivity index (χ1) is 6.36. The van der Waals surface area contributed by atoms with Gasteiger partial charge in [-0.25, -0.2) is 0 Å². The van der Waals surface area contributed by atoms with E-state index in [-0.39, 0.29) is 0 Å². The van der Waals surface area contributed by atoms with Gasteiger partial charge in [-0.1, -0.05) is 23.7 Å². The van der Waals surface area contributed by atoms with E-state index in [0.717, 1.165) is 22.7 Å². The van der Waals surface area contributed by atoms with Crippen LogP contribution >= 0.6 is 11.6 Å². The quantitative estimate of drug-likeness (QED) is 0.682. The predicted octanol–water partition coefficient (Wildman–Crippen LogP) is 2.14. The minimum Gasteiger partial charge on any atom is -0.272 e. The van der Waals surface area contributed by atoms with Crippen LogP contribution in [0.4, 0.5) is 0 Å². The van der Waals surface area contributed by atoms with Crippen molar-refractivity contribution in [3.8, 4) is 0 Å². The molecule has 13 heavy (non-hydrogen) atoms. The fraction of sp³-hybridized carbons (Fsp3) is 0.200. The molecule has 0 radical (unpaired) electrons. The van der Waals surface area contributed by atoms with Gasteiger partial charge in [-0.2, -0.15) is 0 Å². The van der Waals surface area contributed by atoms with Crippen LogP contribution in [0.15, 0.2) is 23.8 Å². The molecular formula is C10H8ClNO. The summed E-state index contributed by atoms with van der Waals surface area (Å²) in [6, 6.07) is 6.02. The Kier molecular flexibility index (Phi) is 1.43. The molecule has 1 aliphatic carbocycles. The largest absolute Gasteiger partial charge is 0.272 e. The van der Waals surface area contributed by atoms with Gasteiger partial charge in [0.05, 0.1) is 17.3 Å². The summed E-state index contributed by atoms with van der Waals surface area (Å²) in [6.45, 7) is 0.681. The molecule has 1 aliphatic heterocycles. The number of nitrogens with one attached hydrogen (secondary N) is 1. The lowest BCUT2D eigenvalue weighted by Crippen LogP contribution is -2.06. The van der Waals surface area contributed by atoms with Crippen molar-refractivity contribution in [3.63, 3.8) is 0 Å². The Balaban J connectivity index is 2.23. The fourth-order valence-corrected chi connectivity index (χ4v) is 2.22. The lowest BCUT2D eigenvalue weighted by Gasteiger charge is -2.06. The van der Waals surface area contributed by atoms with Gasteiger partial charge in [0, 0.05) is 5.56 Å². The van der Waals surface area contributed by atoms with Crippen LogP contribution in [0.2, 0.25) is 5.02 Å². The van der Waals surface area contributed by atoms with E-state index in [1.54, 1.807) is 0 Å². The highest BCUT2D eigenvalue weighted by molar-refractivity contribution is 6.32. The molecule has 1 N–H and O–H groups in total. The highest BCUT2D eigenvalue weighted by atomic mass is 35.5. The molecule has 3 rings (SSSR count). The number of hydrogen-bond donors (Lipinski definition) is 1. The molecule has 0 fully saturated rings. The number of hydroxylamine groups is 1. The Hall–Kier alpha value is -0.990. The van der Waals surface area contributed by atoms with Gasteiger partial charge < -0.3 is 0 Å². The van der Waals surface area contributed by atoms with Crippen LogP contribution in [0, 0.1) is 0 Å². The highest BCUT2D eigenvalue weighted by Gasteiger charge is 2.27. The molecule has 1 aromatic carbocycles. The van der Waals surface area contributed by atoms with Gasteiger partial charge in [0.1, 0.15) is 0 Å². The number of halogens is 1. The first kappa shape index (κ1) is 7.42. The van der Waals surface area contributed by atoms with E-state index >= 15 is 0 Å². The summed E-state index contributed by atoms with van der Waals surface area (Å²) in [4.78, 5) is 5.14. The first-order valence-electron chi connectivity index (χ1n) is 4.24. The van der Waals surface area contributed by atoms with Gasteiger partial charge in [-0.15, -0.1) is 0 Å². The molecule has 0 aromatic heterocycles. The van der Waals surface area contributed by atoms with Crippen molar-refractivity contribution in [1.29, 1.82) is 0 Å². The summed E-state index contributed by atoms with van der Waals surface area (Å²) >= 11 is 6.11. The minimum absolute atomic E-state index is 0.681. The second-order valence-electron chi connectivity index (χ2n) is 3.32. The topological polar surface area (TPSA) is 21.3 Å². The van der Waals surface area contributed by atoms with Gasteiger partial charge in [-0.3, -0.25) is 10.3 Å². The zero-order valence-electron chi connectivity index (χ0n) is 6.93. The molecule has 66 valence electrons. The van der Waals surface area contributed by atoms with Crippen molar-refractivity contribution < 1.29 is 4.84 Å². The van der Waals surface area contributed by atoms with Crippen molar-refractivity contribution in [1.82, 2.24) is 5.48 Å². The standard InChI is InChI=1S/C10H8ClNO/c11-8-3-1-2-6-4-7-5-13-12-10(7)9(6)8/h1-3,12H,4-5H2. The average Bonchev–Trinajstić information content (AvgIpc) is 2.62. The van der Waals surface area contributed by atoms with E-state index in [9.17, 15) is 0 Å². The van der Waals surface area contributed by atoms with E-state index in [4.69, 9.17) is 16.4 Å². The molecule has 0 bridgehead atoms. The molecule has 0 unspecified atom stereocenters. The Morgan fingerprint density at radius 2 is 2.31 bits per heavy atom. The second kappa shape index (κ2) is 2.50. The van der Waals surface area contributed by atoms with Crippen LogP contribution in [-0.4, -0.2) is 6.61 Å². The van der Waals surface area contributed by atoms with Crippen LogP contribution in [0.5, 0.6) is 0 Å². The SMILES string of the molecule is Clc1cccc2c1C1=C(CON1)C2. The molecule has 0 saturated carbocycles. The van der Waals surface area contributed by atoms with Crippen LogP contribution in [-0.2, 0) is 11.3 Å². The molecule has 2 nitrogen and oxygen atoms in total. The van der Waals surface area contributed by atoms with Gasteiger partial charge in [0.15, 0.2) is 0 Å². The summed E-state index contributed by atoms with van der Waals surface area (Å²) in [5.74, 6) is 0. The number of rotatable bonds is 0. The zero-order chi connectivity index (χ0) is 8.84. The molecule has 0 amide bonds. The Morgan fingerprint density at radius 1 is 1.38 bits per heavy atom. The molecule has 0 atom stereocenters. The fourth-order valence-electron chi connectivity index (χ4n) is 1.93. The van der Waals surface area contributed by atoms with Crippen molar-refractivity contribution in [2.45, 2.75) is 6.42 Å². The number of fused-ring (bicyclic) bond motifs is 2. The third-order valence-corrected chi connectivity index (χ3v) is 2.84. The van der Waals surface area contributed by atoms with Crippen LogP contribution in [0.1, 0.15) is 11.1 Å². The van der Waals surface area contributed by atoms with E-state index in [2.05, 4.69) is 11.5 Å². The van der Waals surface area contributed by atoms with E-state index in [1.165, 1.54) is 11.1 Å². The summed E-state index contributed by atoms with van der Waals surface area (Å²) in [5, 5.41) is 0.806. The van der Waals surface area contributed by atoms with Gasteiger partial charge in [0.2, 0.25) is 0 Å². The van der Waals surface area contributed by atoms with Crippen LogP contribution in [0.25, 0.3) is 5.70 Å². The van der Waals surface area contributed by atoms with Crippen LogP contribution < -0.4 is 5.48 Å². The monoisotopic (exact) mass is 193 g/mol. The van der Waals surface area contributed by atoms with E-state index < -0.39 is 0 Å². The molecule has 2 aliphatic rings. The normalized spacial score (nSPS) is 18.5. The Bertz CT molecular complexity index is 411. The highest BCUT2D eigenvalue weighted by Crippen LogP contribution is 2.37. The minimum atomic E-state index is 0.681. The molecule has 0 saturated heterocycles. The predicted molar refractivity (Wildman–Crippen MR) is 51.2 cm³/mol. The first-order valence-corrected chi connectivity index (χ1v) is 4.61. The molecule has 0 spiro atoms. The maximum absolute atomic E-state index is 6.11. The van der Waals surface area contributed by atoms with Gasteiger partial charge in [0.25, 0.3) is 0 Å². The van der Waals surface area contributed by atoms with Gasteiger partial charge in [-0.05, 0) is 23.6 Å². The maximum Gasteiger partial charge on any atom is 0.0983 e. The van der Waals surface area contributed by atoms with Crippen molar-refractivity contribution in [2.75, 3.05) is 6.61 Å². The van der Waals surface area contributed by atoms with Crippen molar-refractivity contribution in [3.05, 3.63) is 39.9 Å². The average molecular weight is 194 g/mol. The van der Waals surface area contributed by atoms with Crippen molar-refractivity contribution in [2.24, 2.45) is 0 Å². The summed E-state index contributed by atoms with van der Waals surface area (Å²) in [5.41, 5.74) is 7.72. The molecule has 1 heterocycles. The number of hydrogen-bond acceptors (Lipinski definition) is 2. The number of benzene rings is 1. The molecule has 1 aromatic rings. The summed E-state index contributed by atoms with van der Waals surface area (Å²) in [6.07, 6.45) is 0.970. The lowest BCUT2D eigenvalue weighted by molar-refractivity contribution is 0.116. The Morgan fingerprint density at radius 3 is 3.23 bits per heavy atom. The van der Waals surface area contributed by atoms with Crippen LogP contribution in [0.3, 0.4) is 0 Å². The molecular weight excluding hydrogens is 186 g/mol. The summed E-state index contributed by atoms with van der Waals surface area (Å²) in [7, 11) is 0. The third-order valence-electron chi connectivity index (χ3n) is 2.53. The van der Waals surface area contributed by atoms with E-state index in [1.807, 2.05) is 12.1 Å². The lowest BCUT2D eigenvalue weighted by atomic mass is 10.1.